The van der Waals surface area contributed by atoms with E-state index >= 15 is 0 Å². The summed E-state index contributed by atoms with van der Waals surface area (Å²) in [6.45, 7) is 8.34. The Labute approximate surface area is 141 Å². The quantitative estimate of drug-likeness (QED) is 0.510. The van der Waals surface area contributed by atoms with Crippen LogP contribution < -0.4 is 4.74 Å². The molecule has 0 unspecified atom stereocenters. The van der Waals surface area contributed by atoms with Gasteiger partial charge in [0.15, 0.2) is 0 Å². The molecule has 0 aliphatic heterocycles. The van der Waals surface area contributed by atoms with Gasteiger partial charge in [-0.3, -0.25) is 0 Å². The largest absolute Gasteiger partial charge is 0.423 e. The molecule has 2 aromatic carbocycles. The fourth-order valence-corrected chi connectivity index (χ4v) is 2.53. The van der Waals surface area contributed by atoms with Crippen molar-refractivity contribution in [3.05, 3.63) is 63.1 Å². The van der Waals surface area contributed by atoms with Gasteiger partial charge in [-0.05, 0) is 47.7 Å². The summed E-state index contributed by atoms with van der Waals surface area (Å²) in [5, 5.41) is 0.758. The maximum atomic E-state index is 12.2. The lowest BCUT2D eigenvalue weighted by molar-refractivity contribution is 0.0733. The number of hydrogen-bond acceptors (Lipinski definition) is 2. The van der Waals surface area contributed by atoms with Crippen LogP contribution >= 0.6 is 23.2 Å². The van der Waals surface area contributed by atoms with Gasteiger partial charge in [0.1, 0.15) is 5.75 Å². The van der Waals surface area contributed by atoms with E-state index < -0.39 is 5.97 Å². The molecule has 0 bridgehead atoms. The molecule has 0 atom stereocenters. The predicted molar refractivity (Wildman–Crippen MR) is 91.3 cm³/mol. The summed E-state index contributed by atoms with van der Waals surface area (Å²) in [5.74, 6) is 0.0392. The van der Waals surface area contributed by atoms with Crippen molar-refractivity contribution in [2.24, 2.45) is 0 Å². The van der Waals surface area contributed by atoms with E-state index in [1.165, 1.54) is 11.6 Å². The number of ether oxygens (including phenoxy) is 1. The second-order valence-corrected chi connectivity index (χ2v) is 7.09. The van der Waals surface area contributed by atoms with E-state index in [-0.39, 0.29) is 10.4 Å². The van der Waals surface area contributed by atoms with E-state index in [9.17, 15) is 4.79 Å². The molecule has 0 amide bonds. The van der Waals surface area contributed by atoms with Crippen LogP contribution in [-0.2, 0) is 5.41 Å². The van der Waals surface area contributed by atoms with Crippen LogP contribution in [0.5, 0.6) is 5.75 Å². The van der Waals surface area contributed by atoms with Gasteiger partial charge in [-0.25, -0.2) is 4.79 Å². The van der Waals surface area contributed by atoms with Gasteiger partial charge in [-0.15, -0.1) is 0 Å². The Kier molecular flexibility index (Phi) is 4.84. The average Bonchev–Trinajstić information content (AvgIpc) is 2.39. The van der Waals surface area contributed by atoms with Crippen LogP contribution in [0.4, 0.5) is 0 Å². The Hall–Kier alpha value is -1.51. The van der Waals surface area contributed by atoms with Crippen LogP contribution in [-0.4, -0.2) is 5.97 Å². The Morgan fingerprint density at radius 3 is 2.27 bits per heavy atom. The van der Waals surface area contributed by atoms with Crippen LogP contribution in [0.25, 0.3) is 0 Å². The average molecular weight is 337 g/mol. The fraction of sp³-hybridized carbons (Fsp3) is 0.278. The molecule has 0 heterocycles. The highest BCUT2D eigenvalue weighted by Gasteiger charge is 2.17. The van der Waals surface area contributed by atoms with Crippen LogP contribution in [0.1, 0.15) is 42.3 Å². The van der Waals surface area contributed by atoms with Gasteiger partial charge in [0.05, 0.1) is 10.6 Å². The van der Waals surface area contributed by atoms with Gasteiger partial charge in [0, 0.05) is 5.02 Å². The number of benzene rings is 2. The zero-order valence-electron chi connectivity index (χ0n) is 13.0. The lowest BCUT2D eigenvalue weighted by Gasteiger charge is -2.20. The molecule has 0 aliphatic carbocycles. The van der Waals surface area contributed by atoms with Crippen molar-refractivity contribution in [3.8, 4) is 5.75 Å². The fourth-order valence-electron chi connectivity index (χ4n) is 2.04. The molecule has 0 aromatic heterocycles. The SMILES string of the molecule is Cc1cc(C(C)(C)C)ccc1OC(=O)c1ccc(Cl)cc1Cl. The Bertz CT molecular complexity index is 716. The third-order valence-electron chi connectivity index (χ3n) is 3.39. The maximum absolute atomic E-state index is 12.2. The number of aryl methyl sites for hydroxylation is 1. The van der Waals surface area contributed by atoms with Crippen molar-refractivity contribution in [1.29, 1.82) is 0 Å². The molecule has 0 aliphatic rings. The molecule has 0 fully saturated rings. The number of carbonyl (C=O) groups is 1. The van der Waals surface area contributed by atoms with Crippen LogP contribution in [0.3, 0.4) is 0 Å². The normalized spacial score (nSPS) is 11.4. The number of halogens is 2. The smallest absolute Gasteiger partial charge is 0.345 e. The molecule has 2 nitrogen and oxygen atoms in total. The molecule has 0 spiro atoms. The first kappa shape index (κ1) is 16.9. The molecule has 0 saturated heterocycles. The Morgan fingerprint density at radius 2 is 1.73 bits per heavy atom. The van der Waals surface area contributed by atoms with E-state index in [0.717, 1.165) is 5.56 Å². The zero-order chi connectivity index (χ0) is 16.5. The van der Waals surface area contributed by atoms with Crippen molar-refractivity contribution in [1.82, 2.24) is 0 Å². The molecule has 116 valence electrons. The first-order chi connectivity index (χ1) is 10.2. The summed E-state index contributed by atoms with van der Waals surface area (Å²) < 4.78 is 5.45. The molecule has 22 heavy (non-hydrogen) atoms. The maximum Gasteiger partial charge on any atom is 0.345 e. The standard InChI is InChI=1S/C18H18Cl2O2/c1-11-9-12(18(2,3)4)5-8-16(11)22-17(21)14-7-6-13(19)10-15(14)20/h5-10H,1-4H3. The number of esters is 1. The van der Waals surface area contributed by atoms with Crippen LogP contribution in [0.2, 0.25) is 10.0 Å². The first-order valence-corrected chi connectivity index (χ1v) is 7.72. The van der Waals surface area contributed by atoms with Crippen LogP contribution in [0, 0.1) is 6.92 Å². The van der Waals surface area contributed by atoms with E-state index in [0.29, 0.717) is 16.3 Å². The number of hydrogen-bond donors (Lipinski definition) is 0. The molecule has 2 aromatic rings. The summed E-state index contributed by atoms with van der Waals surface area (Å²) >= 11 is 11.9. The lowest BCUT2D eigenvalue weighted by atomic mass is 9.86. The van der Waals surface area contributed by atoms with Crippen molar-refractivity contribution < 1.29 is 9.53 Å². The van der Waals surface area contributed by atoms with Gasteiger partial charge in [-0.1, -0.05) is 56.1 Å². The van der Waals surface area contributed by atoms with Crippen molar-refractivity contribution in [2.45, 2.75) is 33.1 Å². The summed E-state index contributed by atoms with van der Waals surface area (Å²) in [4.78, 5) is 12.2. The molecule has 2 rings (SSSR count). The van der Waals surface area contributed by atoms with Gasteiger partial charge in [-0.2, -0.15) is 0 Å². The second-order valence-electron chi connectivity index (χ2n) is 6.24. The third-order valence-corrected chi connectivity index (χ3v) is 3.94. The molecular weight excluding hydrogens is 319 g/mol. The zero-order valence-corrected chi connectivity index (χ0v) is 14.5. The van der Waals surface area contributed by atoms with Gasteiger partial charge >= 0.3 is 5.97 Å². The van der Waals surface area contributed by atoms with E-state index in [4.69, 9.17) is 27.9 Å². The third kappa shape index (κ3) is 3.82. The number of carbonyl (C=O) groups excluding carboxylic acids is 1. The monoisotopic (exact) mass is 336 g/mol. The molecule has 4 heteroatoms. The van der Waals surface area contributed by atoms with Crippen molar-refractivity contribution in [2.75, 3.05) is 0 Å². The van der Waals surface area contributed by atoms with Crippen molar-refractivity contribution >= 4 is 29.2 Å². The minimum atomic E-state index is -0.492. The summed E-state index contributed by atoms with van der Waals surface area (Å²) in [6.07, 6.45) is 0. The highest BCUT2D eigenvalue weighted by Crippen LogP contribution is 2.29. The topological polar surface area (TPSA) is 26.3 Å². The molecular formula is C18H18Cl2O2. The van der Waals surface area contributed by atoms with Gasteiger partial charge in [0.2, 0.25) is 0 Å². The minimum Gasteiger partial charge on any atom is -0.423 e. The van der Waals surface area contributed by atoms with Crippen molar-refractivity contribution in [3.63, 3.8) is 0 Å². The van der Waals surface area contributed by atoms with Crippen LogP contribution in [0.15, 0.2) is 36.4 Å². The Balaban J connectivity index is 2.25. The highest BCUT2D eigenvalue weighted by molar-refractivity contribution is 6.36. The van der Waals surface area contributed by atoms with E-state index in [2.05, 4.69) is 20.8 Å². The first-order valence-electron chi connectivity index (χ1n) is 6.97. The summed E-state index contributed by atoms with van der Waals surface area (Å²) in [5.41, 5.74) is 2.44. The van der Waals surface area contributed by atoms with E-state index in [1.807, 2.05) is 25.1 Å². The minimum absolute atomic E-state index is 0.0484. The lowest BCUT2D eigenvalue weighted by Crippen LogP contribution is -2.13. The highest BCUT2D eigenvalue weighted by atomic mass is 35.5. The molecule has 0 N–H and O–H groups in total. The predicted octanol–water partition coefficient (Wildman–Crippen LogP) is 5.82. The molecule has 0 saturated carbocycles. The second kappa shape index (κ2) is 6.31. The Morgan fingerprint density at radius 1 is 1.05 bits per heavy atom. The summed E-state index contributed by atoms with van der Waals surface area (Å²) in [6, 6.07) is 10.5. The van der Waals surface area contributed by atoms with E-state index in [1.54, 1.807) is 12.1 Å². The molecule has 0 radical (unpaired) electrons. The van der Waals surface area contributed by atoms with Gasteiger partial charge in [0.25, 0.3) is 0 Å². The number of rotatable bonds is 2. The van der Waals surface area contributed by atoms with Gasteiger partial charge < -0.3 is 4.74 Å². The summed E-state index contributed by atoms with van der Waals surface area (Å²) in [7, 11) is 0.